The van der Waals surface area contributed by atoms with Gasteiger partial charge in [-0.25, -0.2) is 8.42 Å². The maximum atomic E-state index is 14.3. The van der Waals surface area contributed by atoms with Gasteiger partial charge in [-0.15, -0.1) is 0 Å². The van der Waals surface area contributed by atoms with Crippen LogP contribution in [0.3, 0.4) is 0 Å². The molecule has 0 spiro atoms. The van der Waals surface area contributed by atoms with Crippen molar-refractivity contribution in [3.8, 4) is 0 Å². The second-order valence-corrected chi connectivity index (χ2v) is 13.1. The summed E-state index contributed by atoms with van der Waals surface area (Å²) in [5.41, 5.74) is 1.81. The second-order valence-electron chi connectivity index (χ2n) is 10.4. The predicted molar refractivity (Wildman–Crippen MR) is 175 cm³/mol. The lowest BCUT2D eigenvalue weighted by atomic mass is 10.0. The van der Waals surface area contributed by atoms with Gasteiger partial charge in [-0.1, -0.05) is 109 Å². The fraction of sp³-hybridized carbons (Fsp3) is 0.273. The van der Waals surface area contributed by atoms with Gasteiger partial charge in [0.05, 0.1) is 11.9 Å². The predicted octanol–water partition coefficient (Wildman–Crippen LogP) is 6.47. The molecule has 0 radical (unpaired) electrons. The number of anilines is 1. The number of carbonyl (C=O) groups is 2. The highest BCUT2D eigenvalue weighted by molar-refractivity contribution is 7.92. The molecule has 0 aromatic heterocycles. The number of amides is 2. The molecule has 0 aliphatic rings. The molecule has 4 rings (SSSR count). The number of rotatable bonds is 13. The third-order valence-corrected chi connectivity index (χ3v) is 8.88. The molecular formula is C33H35Cl2N3O4S. The molecule has 0 aliphatic carbocycles. The van der Waals surface area contributed by atoms with E-state index in [1.54, 1.807) is 30.3 Å². The summed E-state index contributed by atoms with van der Waals surface area (Å²) in [6.45, 7) is 1.95. The lowest BCUT2D eigenvalue weighted by Gasteiger charge is -2.34. The van der Waals surface area contributed by atoms with Crippen LogP contribution >= 0.6 is 23.2 Å². The van der Waals surface area contributed by atoms with E-state index in [2.05, 4.69) is 5.32 Å². The number of unbranched alkanes of at least 4 members (excludes halogenated alkanes) is 1. The highest BCUT2D eigenvalue weighted by Gasteiger charge is 2.33. The van der Waals surface area contributed by atoms with Crippen molar-refractivity contribution in [3.63, 3.8) is 0 Å². The number of carbonyl (C=O) groups excluding carboxylic acids is 2. The van der Waals surface area contributed by atoms with Crippen molar-refractivity contribution in [3.05, 3.63) is 112 Å². The van der Waals surface area contributed by atoms with Gasteiger partial charge < -0.3 is 10.2 Å². The van der Waals surface area contributed by atoms with Gasteiger partial charge in [0, 0.05) is 34.9 Å². The lowest BCUT2D eigenvalue weighted by molar-refractivity contribution is -0.140. The Labute approximate surface area is 263 Å². The smallest absolute Gasteiger partial charge is 0.244 e. The van der Waals surface area contributed by atoms with Gasteiger partial charge in [-0.3, -0.25) is 13.9 Å². The number of halogens is 2. The number of nitrogens with one attached hydrogen (secondary N) is 1. The molecule has 0 heterocycles. The van der Waals surface area contributed by atoms with Crippen molar-refractivity contribution in [1.82, 2.24) is 10.2 Å². The summed E-state index contributed by atoms with van der Waals surface area (Å²) < 4.78 is 27.5. The molecule has 7 nitrogen and oxygen atoms in total. The minimum Gasteiger partial charge on any atom is -0.354 e. The van der Waals surface area contributed by atoms with Gasteiger partial charge in [0.25, 0.3) is 0 Å². The normalized spacial score (nSPS) is 12.1. The zero-order valence-corrected chi connectivity index (χ0v) is 26.5. The molecular weight excluding hydrogens is 605 g/mol. The van der Waals surface area contributed by atoms with E-state index in [-0.39, 0.29) is 18.9 Å². The van der Waals surface area contributed by atoms with E-state index >= 15 is 0 Å². The Kier molecular flexibility index (Phi) is 11.1. The van der Waals surface area contributed by atoms with Crippen LogP contribution in [-0.2, 0) is 32.6 Å². The average molecular weight is 641 g/mol. The molecule has 0 bridgehead atoms. The molecule has 0 aliphatic heterocycles. The Balaban J connectivity index is 1.78. The number of nitrogens with zero attached hydrogens (tertiary/aromatic N) is 2. The molecule has 10 heteroatoms. The van der Waals surface area contributed by atoms with E-state index in [9.17, 15) is 18.0 Å². The minimum atomic E-state index is -3.91. The van der Waals surface area contributed by atoms with E-state index in [1.165, 1.54) is 4.90 Å². The van der Waals surface area contributed by atoms with Crippen molar-refractivity contribution in [2.45, 2.75) is 38.8 Å². The first-order valence-corrected chi connectivity index (χ1v) is 16.7. The summed E-state index contributed by atoms with van der Waals surface area (Å²) in [5.74, 6) is -0.872. The summed E-state index contributed by atoms with van der Waals surface area (Å²) in [5, 5.41) is 5.27. The Morgan fingerprint density at radius 1 is 0.907 bits per heavy atom. The van der Waals surface area contributed by atoms with Gasteiger partial charge in [-0.2, -0.15) is 0 Å². The first kappa shape index (κ1) is 32.3. The van der Waals surface area contributed by atoms with Crippen LogP contribution in [-0.4, -0.2) is 50.5 Å². The molecule has 2 amide bonds. The average Bonchev–Trinajstić information content (AvgIpc) is 2.98. The van der Waals surface area contributed by atoms with Gasteiger partial charge in [0.2, 0.25) is 21.8 Å². The molecule has 43 heavy (non-hydrogen) atoms. The maximum absolute atomic E-state index is 14.3. The summed E-state index contributed by atoms with van der Waals surface area (Å²) in [4.78, 5) is 29.5. The topological polar surface area (TPSA) is 86.8 Å². The lowest BCUT2D eigenvalue weighted by Crippen LogP contribution is -2.53. The van der Waals surface area contributed by atoms with Crippen LogP contribution in [0.1, 0.15) is 30.9 Å². The first-order chi connectivity index (χ1) is 20.6. The van der Waals surface area contributed by atoms with Crippen molar-refractivity contribution >= 4 is 61.5 Å². The van der Waals surface area contributed by atoms with Crippen molar-refractivity contribution in [2.24, 2.45) is 0 Å². The van der Waals surface area contributed by atoms with Crippen LogP contribution in [0.2, 0.25) is 10.0 Å². The highest BCUT2D eigenvalue weighted by atomic mass is 35.5. The number of hydrogen-bond acceptors (Lipinski definition) is 4. The van der Waals surface area contributed by atoms with Gasteiger partial charge in [-0.05, 0) is 41.1 Å². The van der Waals surface area contributed by atoms with E-state index < -0.39 is 28.5 Å². The molecule has 0 saturated heterocycles. The van der Waals surface area contributed by atoms with Crippen LogP contribution < -0.4 is 9.62 Å². The summed E-state index contributed by atoms with van der Waals surface area (Å²) in [6.07, 6.45) is 2.97. The van der Waals surface area contributed by atoms with Crippen LogP contribution in [0, 0.1) is 0 Å². The van der Waals surface area contributed by atoms with Crippen LogP contribution in [0.25, 0.3) is 10.8 Å². The molecule has 226 valence electrons. The Bertz CT molecular complexity index is 1680. The van der Waals surface area contributed by atoms with E-state index in [0.717, 1.165) is 34.4 Å². The largest absolute Gasteiger partial charge is 0.354 e. The van der Waals surface area contributed by atoms with Gasteiger partial charge >= 0.3 is 0 Å². The zero-order chi connectivity index (χ0) is 31.0. The fourth-order valence-corrected chi connectivity index (χ4v) is 6.24. The van der Waals surface area contributed by atoms with Crippen molar-refractivity contribution in [1.29, 1.82) is 0 Å². The molecule has 1 N–H and O–H groups in total. The SMILES string of the molecule is CCCCNC(=O)[C@@H](Cc1ccccc1)N(Cc1ccc(Cl)cc1Cl)C(=O)CN(c1cccc2ccccc12)S(C)(=O)=O. The first-order valence-electron chi connectivity index (χ1n) is 14.1. The van der Waals surface area contributed by atoms with Gasteiger partial charge in [0.15, 0.2) is 0 Å². The van der Waals surface area contributed by atoms with Crippen LogP contribution in [0.5, 0.6) is 0 Å². The van der Waals surface area contributed by atoms with Crippen molar-refractivity contribution < 1.29 is 18.0 Å². The fourth-order valence-electron chi connectivity index (χ4n) is 4.91. The zero-order valence-electron chi connectivity index (χ0n) is 24.2. The third-order valence-electron chi connectivity index (χ3n) is 7.17. The molecule has 4 aromatic rings. The Morgan fingerprint density at radius 3 is 2.30 bits per heavy atom. The number of benzene rings is 4. The molecule has 0 unspecified atom stereocenters. The Morgan fingerprint density at radius 2 is 1.60 bits per heavy atom. The van der Waals surface area contributed by atoms with E-state index in [1.807, 2.05) is 67.6 Å². The number of hydrogen-bond donors (Lipinski definition) is 1. The van der Waals surface area contributed by atoms with Crippen LogP contribution in [0.15, 0.2) is 91.0 Å². The van der Waals surface area contributed by atoms with Crippen molar-refractivity contribution in [2.75, 3.05) is 23.7 Å². The summed E-state index contributed by atoms with van der Waals surface area (Å²) >= 11 is 12.7. The minimum absolute atomic E-state index is 0.0271. The number of sulfonamides is 1. The molecule has 0 fully saturated rings. The third kappa shape index (κ3) is 8.50. The quantitative estimate of drug-likeness (QED) is 0.170. The summed E-state index contributed by atoms with van der Waals surface area (Å²) in [7, 11) is -3.91. The second kappa shape index (κ2) is 14.7. The van der Waals surface area contributed by atoms with E-state index in [4.69, 9.17) is 23.2 Å². The molecule has 0 saturated carbocycles. The molecule has 1 atom stereocenters. The summed E-state index contributed by atoms with van der Waals surface area (Å²) in [6, 6.07) is 26.1. The van der Waals surface area contributed by atoms with Crippen LogP contribution in [0.4, 0.5) is 5.69 Å². The standard InChI is InChI=1S/C33H35Cl2N3O4S/c1-3-4-19-36-33(40)31(20-24-11-6-5-7-12-24)37(22-26-17-18-27(34)21-29(26)35)32(39)23-38(43(2,41)42)30-16-10-14-25-13-8-9-15-28(25)30/h5-18,21,31H,3-4,19-20,22-23H2,1-2H3,(H,36,40)/t31-/m1/s1. The van der Waals surface area contributed by atoms with E-state index in [0.29, 0.717) is 33.2 Å². The Hall–Kier alpha value is -3.59. The van der Waals surface area contributed by atoms with Gasteiger partial charge in [0.1, 0.15) is 12.6 Å². The maximum Gasteiger partial charge on any atom is 0.244 e. The highest BCUT2D eigenvalue weighted by Crippen LogP contribution is 2.29. The molecule has 4 aromatic carbocycles. The number of fused-ring (bicyclic) bond motifs is 1. The monoisotopic (exact) mass is 639 g/mol.